The van der Waals surface area contributed by atoms with Crippen LogP contribution in [0.3, 0.4) is 0 Å². The molecule has 0 saturated carbocycles. The third-order valence-corrected chi connectivity index (χ3v) is 5.05. The van der Waals surface area contributed by atoms with Gasteiger partial charge in [-0.25, -0.2) is 23.7 Å². The first-order chi connectivity index (χ1) is 15.4. The van der Waals surface area contributed by atoms with E-state index in [4.69, 9.17) is 15.2 Å². The largest absolute Gasteiger partial charge is 0.493 e. The monoisotopic (exact) mass is 437 g/mol. The zero-order valence-electron chi connectivity index (χ0n) is 17.6. The summed E-state index contributed by atoms with van der Waals surface area (Å²) < 4.78 is 27.0. The normalized spacial score (nSPS) is 11.0. The highest BCUT2D eigenvalue weighted by atomic mass is 19.1. The lowest BCUT2D eigenvalue weighted by Gasteiger charge is -2.13. The number of aromatic nitrogens is 4. The molecule has 0 atom stereocenters. The SMILES string of the molecule is CCn1c(=O)n(-c2ccc(F)cc2)c2nc(-c3cccc(OC)c3OC)nc(C(N)=O)c21. The number of nitrogens with zero attached hydrogens (tertiary/aromatic N) is 4. The Hall–Kier alpha value is -4.21. The maximum atomic E-state index is 13.5. The minimum Gasteiger partial charge on any atom is -0.493 e. The highest BCUT2D eigenvalue weighted by molar-refractivity contribution is 6.02. The highest BCUT2D eigenvalue weighted by Gasteiger charge is 2.25. The van der Waals surface area contributed by atoms with Crippen molar-refractivity contribution in [3.8, 4) is 28.6 Å². The van der Waals surface area contributed by atoms with Crippen LogP contribution < -0.4 is 20.9 Å². The number of hydrogen-bond donors (Lipinski definition) is 1. The summed E-state index contributed by atoms with van der Waals surface area (Å²) >= 11 is 0. The van der Waals surface area contributed by atoms with Crippen molar-refractivity contribution in [1.82, 2.24) is 19.1 Å². The van der Waals surface area contributed by atoms with Crippen LogP contribution >= 0.6 is 0 Å². The zero-order chi connectivity index (χ0) is 23.0. The molecule has 0 radical (unpaired) electrons. The first-order valence-corrected chi connectivity index (χ1v) is 9.71. The molecule has 0 unspecified atom stereocenters. The van der Waals surface area contributed by atoms with Gasteiger partial charge < -0.3 is 15.2 Å². The molecule has 0 aliphatic rings. The van der Waals surface area contributed by atoms with Crippen LogP contribution in [0.25, 0.3) is 28.2 Å². The molecule has 2 aromatic heterocycles. The fraction of sp³-hybridized carbons (Fsp3) is 0.182. The molecular formula is C22H20FN5O4. The number of fused-ring (bicyclic) bond motifs is 1. The summed E-state index contributed by atoms with van der Waals surface area (Å²) in [4.78, 5) is 34.5. The number of benzene rings is 2. The lowest BCUT2D eigenvalue weighted by molar-refractivity contribution is 0.0997. The summed E-state index contributed by atoms with van der Waals surface area (Å²) in [5.41, 5.74) is 6.24. The van der Waals surface area contributed by atoms with Crippen molar-refractivity contribution >= 4 is 17.1 Å². The van der Waals surface area contributed by atoms with Gasteiger partial charge >= 0.3 is 5.69 Å². The predicted molar refractivity (Wildman–Crippen MR) is 116 cm³/mol. The van der Waals surface area contributed by atoms with Crippen LogP contribution in [0.15, 0.2) is 47.3 Å². The van der Waals surface area contributed by atoms with E-state index in [2.05, 4.69) is 9.97 Å². The predicted octanol–water partition coefficient (Wildman–Crippen LogP) is 2.52. The number of carbonyl (C=O) groups excluding carboxylic acids is 1. The van der Waals surface area contributed by atoms with Crippen molar-refractivity contribution in [3.05, 3.63) is 64.5 Å². The van der Waals surface area contributed by atoms with E-state index in [1.165, 1.54) is 47.6 Å². The molecule has 10 heteroatoms. The van der Waals surface area contributed by atoms with Crippen molar-refractivity contribution in [3.63, 3.8) is 0 Å². The van der Waals surface area contributed by atoms with Crippen molar-refractivity contribution < 1.29 is 18.7 Å². The average molecular weight is 437 g/mol. The van der Waals surface area contributed by atoms with E-state index in [1.807, 2.05) is 0 Å². The molecule has 1 amide bonds. The van der Waals surface area contributed by atoms with Crippen LogP contribution in [0, 0.1) is 5.82 Å². The molecule has 0 spiro atoms. The lowest BCUT2D eigenvalue weighted by atomic mass is 10.1. The number of imidazole rings is 1. The van der Waals surface area contributed by atoms with Gasteiger partial charge in [-0.2, -0.15) is 0 Å². The summed E-state index contributed by atoms with van der Waals surface area (Å²) in [6, 6.07) is 10.5. The second-order valence-corrected chi connectivity index (χ2v) is 6.81. The Labute approximate surface area is 181 Å². The molecule has 2 aromatic carbocycles. The molecule has 2 N–H and O–H groups in total. The van der Waals surface area contributed by atoms with E-state index in [-0.39, 0.29) is 29.2 Å². The van der Waals surface area contributed by atoms with E-state index >= 15 is 0 Å². The standard InChI is InChI=1S/C22H20FN5O4/c1-4-27-17-16(19(24)29)25-20(14-6-5-7-15(31-2)18(14)32-3)26-21(17)28(22(27)30)13-10-8-12(23)9-11-13/h5-11H,4H2,1-3H3,(H2,24,29). The molecule has 164 valence electrons. The highest BCUT2D eigenvalue weighted by Crippen LogP contribution is 2.37. The number of ether oxygens (including phenoxy) is 2. The second-order valence-electron chi connectivity index (χ2n) is 6.81. The number of carbonyl (C=O) groups is 1. The molecule has 4 rings (SSSR count). The number of methoxy groups -OCH3 is 2. The molecule has 0 aliphatic carbocycles. The Bertz CT molecular complexity index is 1390. The summed E-state index contributed by atoms with van der Waals surface area (Å²) in [7, 11) is 2.96. The smallest absolute Gasteiger partial charge is 0.335 e. The quantitative estimate of drug-likeness (QED) is 0.496. The number of rotatable bonds is 6. The third kappa shape index (κ3) is 3.25. The number of hydrogen-bond acceptors (Lipinski definition) is 6. The fourth-order valence-electron chi connectivity index (χ4n) is 3.63. The molecule has 2 heterocycles. The van der Waals surface area contributed by atoms with Gasteiger partial charge in [0.25, 0.3) is 5.91 Å². The number of primary amides is 1. The van der Waals surface area contributed by atoms with Gasteiger partial charge in [-0.3, -0.25) is 9.36 Å². The van der Waals surface area contributed by atoms with Crippen molar-refractivity contribution in [1.29, 1.82) is 0 Å². The van der Waals surface area contributed by atoms with Gasteiger partial charge in [0.2, 0.25) is 0 Å². The summed E-state index contributed by atoms with van der Waals surface area (Å²) in [6.07, 6.45) is 0. The number of nitrogens with two attached hydrogens (primary N) is 1. The summed E-state index contributed by atoms with van der Waals surface area (Å²) in [5.74, 6) is -0.354. The van der Waals surface area contributed by atoms with Gasteiger partial charge in [0.15, 0.2) is 28.7 Å². The van der Waals surface area contributed by atoms with Crippen molar-refractivity contribution in [2.45, 2.75) is 13.5 Å². The van der Waals surface area contributed by atoms with Gasteiger partial charge in [0.1, 0.15) is 11.3 Å². The maximum Gasteiger partial charge on any atom is 0.335 e. The maximum absolute atomic E-state index is 13.5. The Morgan fingerprint density at radius 3 is 2.41 bits per heavy atom. The van der Waals surface area contributed by atoms with Gasteiger partial charge in [0, 0.05) is 6.54 Å². The zero-order valence-corrected chi connectivity index (χ0v) is 17.6. The van der Waals surface area contributed by atoms with Gasteiger partial charge in [0.05, 0.1) is 25.5 Å². The van der Waals surface area contributed by atoms with Crippen molar-refractivity contribution in [2.24, 2.45) is 5.73 Å². The first kappa shape index (κ1) is 21.0. The van der Waals surface area contributed by atoms with Crippen LogP contribution in [-0.4, -0.2) is 39.2 Å². The Morgan fingerprint density at radius 2 is 1.81 bits per heavy atom. The fourth-order valence-corrected chi connectivity index (χ4v) is 3.63. The van der Waals surface area contributed by atoms with E-state index in [0.29, 0.717) is 22.7 Å². The van der Waals surface area contributed by atoms with E-state index in [1.54, 1.807) is 25.1 Å². The molecule has 0 aliphatic heterocycles. The van der Waals surface area contributed by atoms with Crippen LogP contribution in [-0.2, 0) is 6.54 Å². The molecule has 0 saturated heterocycles. The Balaban J connectivity index is 2.14. The number of aryl methyl sites for hydroxylation is 1. The Morgan fingerprint density at radius 1 is 1.09 bits per heavy atom. The molecule has 32 heavy (non-hydrogen) atoms. The number of para-hydroxylation sites is 1. The minimum absolute atomic E-state index is 0.116. The lowest BCUT2D eigenvalue weighted by Crippen LogP contribution is -2.23. The van der Waals surface area contributed by atoms with E-state index < -0.39 is 17.4 Å². The van der Waals surface area contributed by atoms with E-state index in [0.717, 1.165) is 0 Å². The molecular weight excluding hydrogens is 417 g/mol. The third-order valence-electron chi connectivity index (χ3n) is 5.05. The number of amides is 1. The number of halogens is 1. The van der Waals surface area contributed by atoms with Gasteiger partial charge in [-0.1, -0.05) is 6.07 Å². The van der Waals surface area contributed by atoms with Crippen LogP contribution in [0.2, 0.25) is 0 Å². The van der Waals surface area contributed by atoms with E-state index in [9.17, 15) is 14.0 Å². The topological polar surface area (TPSA) is 114 Å². The first-order valence-electron chi connectivity index (χ1n) is 9.71. The molecule has 9 nitrogen and oxygen atoms in total. The summed E-state index contributed by atoms with van der Waals surface area (Å²) in [5, 5.41) is 0. The van der Waals surface area contributed by atoms with Crippen LogP contribution in [0.1, 0.15) is 17.4 Å². The Kier molecular flexibility index (Phi) is 5.35. The summed E-state index contributed by atoms with van der Waals surface area (Å²) in [6.45, 7) is 1.99. The second kappa shape index (κ2) is 8.14. The molecule has 0 bridgehead atoms. The molecule has 4 aromatic rings. The van der Waals surface area contributed by atoms with Crippen molar-refractivity contribution in [2.75, 3.05) is 14.2 Å². The minimum atomic E-state index is -0.820. The van der Waals surface area contributed by atoms with Crippen LogP contribution in [0.4, 0.5) is 4.39 Å². The van der Waals surface area contributed by atoms with Gasteiger partial charge in [-0.15, -0.1) is 0 Å². The molecule has 0 fully saturated rings. The van der Waals surface area contributed by atoms with Crippen LogP contribution in [0.5, 0.6) is 11.5 Å². The average Bonchev–Trinajstić information content (AvgIpc) is 3.09. The van der Waals surface area contributed by atoms with Gasteiger partial charge in [-0.05, 0) is 43.3 Å².